The predicted octanol–water partition coefficient (Wildman–Crippen LogP) is 4.58. The lowest BCUT2D eigenvalue weighted by Gasteiger charge is -2.36. The van der Waals surface area contributed by atoms with E-state index in [0.29, 0.717) is 5.92 Å². The van der Waals surface area contributed by atoms with Gasteiger partial charge in [0.05, 0.1) is 6.04 Å². The van der Waals surface area contributed by atoms with Gasteiger partial charge in [0, 0.05) is 30.0 Å². The molecule has 1 amide bonds. The molecule has 6 heteroatoms. The monoisotopic (exact) mass is 427 g/mol. The second kappa shape index (κ2) is 8.67. The summed E-state index contributed by atoms with van der Waals surface area (Å²) in [5.41, 5.74) is 2.30. The average Bonchev–Trinajstić information content (AvgIpc) is 3.34. The Morgan fingerprint density at radius 1 is 1.33 bits per heavy atom. The number of nitrogens with one attached hydrogen (secondary N) is 1. The van der Waals surface area contributed by atoms with Crippen LogP contribution >= 0.6 is 11.3 Å². The third-order valence-corrected chi connectivity index (χ3v) is 7.01. The molecular formula is C24H33N3O2S. The van der Waals surface area contributed by atoms with E-state index in [4.69, 9.17) is 4.74 Å². The van der Waals surface area contributed by atoms with Crippen LogP contribution in [0.2, 0.25) is 0 Å². The summed E-state index contributed by atoms with van der Waals surface area (Å²) in [6.07, 6.45) is 5.27. The number of piperidine rings is 1. The van der Waals surface area contributed by atoms with Crippen LogP contribution in [-0.4, -0.2) is 35.0 Å². The van der Waals surface area contributed by atoms with Crippen LogP contribution < -0.4 is 10.1 Å². The van der Waals surface area contributed by atoms with Gasteiger partial charge in [-0.1, -0.05) is 32.9 Å². The van der Waals surface area contributed by atoms with Crippen molar-refractivity contribution in [2.45, 2.75) is 65.6 Å². The summed E-state index contributed by atoms with van der Waals surface area (Å²) in [5.74, 6) is 1.57. The third kappa shape index (κ3) is 4.86. The first-order valence-electron chi connectivity index (χ1n) is 11.0. The molecule has 0 spiro atoms. The van der Waals surface area contributed by atoms with Gasteiger partial charge in [-0.3, -0.25) is 9.69 Å². The number of thiazole rings is 1. The second-order valence-corrected chi connectivity index (χ2v) is 10.7. The maximum atomic E-state index is 12.7. The largest absolute Gasteiger partial charge is 0.490 e. The van der Waals surface area contributed by atoms with Crippen LogP contribution in [0.25, 0.3) is 0 Å². The Balaban J connectivity index is 1.37. The van der Waals surface area contributed by atoms with E-state index in [1.54, 1.807) is 11.3 Å². The molecule has 2 aliphatic heterocycles. The predicted molar refractivity (Wildman–Crippen MR) is 121 cm³/mol. The SMILES string of the molecule is C[C@H]1Cc2cc(CN3CCC([C@@H](NC(=O)C(C)(C)C)c4nccs4)CC3)ccc2O1. The molecule has 0 aliphatic carbocycles. The zero-order valence-electron chi connectivity index (χ0n) is 18.5. The fourth-order valence-electron chi connectivity index (χ4n) is 4.40. The summed E-state index contributed by atoms with van der Waals surface area (Å²) in [6, 6.07) is 6.65. The van der Waals surface area contributed by atoms with Gasteiger partial charge in [0.2, 0.25) is 5.91 Å². The smallest absolute Gasteiger partial charge is 0.225 e. The van der Waals surface area contributed by atoms with E-state index in [-0.39, 0.29) is 18.1 Å². The molecule has 0 bridgehead atoms. The number of hydrogen-bond acceptors (Lipinski definition) is 5. The number of rotatable bonds is 5. The number of carbonyl (C=O) groups excluding carboxylic acids is 1. The fourth-order valence-corrected chi connectivity index (χ4v) is 5.18. The van der Waals surface area contributed by atoms with Gasteiger partial charge in [0.25, 0.3) is 0 Å². The highest BCUT2D eigenvalue weighted by Gasteiger charge is 2.33. The zero-order chi connectivity index (χ0) is 21.3. The highest BCUT2D eigenvalue weighted by atomic mass is 32.1. The Morgan fingerprint density at radius 3 is 2.77 bits per heavy atom. The standard InChI is InChI=1S/C24H33N3O2S/c1-16-13-19-14-17(5-6-20(19)29-16)15-27-10-7-18(8-11-27)21(22-25-9-12-30-22)26-23(28)24(2,3)4/h5-6,9,12,14,16,18,21H,7-8,10-11,13,15H2,1-4H3,(H,26,28)/t16-,21+/m0/s1. The van der Waals surface area contributed by atoms with Gasteiger partial charge in [-0.2, -0.15) is 0 Å². The molecule has 0 radical (unpaired) electrons. The Kier molecular flexibility index (Phi) is 6.16. The minimum atomic E-state index is -0.398. The summed E-state index contributed by atoms with van der Waals surface area (Å²) < 4.78 is 5.83. The second-order valence-electron chi connectivity index (χ2n) is 9.76. The van der Waals surface area contributed by atoms with E-state index in [1.807, 2.05) is 32.3 Å². The van der Waals surface area contributed by atoms with Crippen molar-refractivity contribution in [3.63, 3.8) is 0 Å². The van der Waals surface area contributed by atoms with Crippen LogP contribution in [0.5, 0.6) is 5.75 Å². The van der Waals surface area contributed by atoms with Crippen molar-refractivity contribution in [2.75, 3.05) is 13.1 Å². The molecule has 1 fully saturated rings. The van der Waals surface area contributed by atoms with Gasteiger partial charge in [-0.15, -0.1) is 11.3 Å². The van der Waals surface area contributed by atoms with Crippen molar-refractivity contribution in [1.29, 1.82) is 0 Å². The molecule has 5 nitrogen and oxygen atoms in total. The van der Waals surface area contributed by atoms with E-state index in [9.17, 15) is 4.79 Å². The van der Waals surface area contributed by atoms with Crippen molar-refractivity contribution in [3.8, 4) is 5.75 Å². The number of fused-ring (bicyclic) bond motifs is 1. The molecule has 3 heterocycles. The number of likely N-dealkylation sites (tertiary alicyclic amines) is 1. The number of hydrogen-bond donors (Lipinski definition) is 1. The van der Waals surface area contributed by atoms with Gasteiger partial charge < -0.3 is 10.1 Å². The van der Waals surface area contributed by atoms with Gasteiger partial charge >= 0.3 is 0 Å². The van der Waals surface area contributed by atoms with E-state index in [2.05, 4.69) is 40.3 Å². The van der Waals surface area contributed by atoms with Crippen LogP contribution in [0, 0.1) is 11.3 Å². The molecule has 2 aliphatic rings. The highest BCUT2D eigenvalue weighted by molar-refractivity contribution is 7.09. The minimum absolute atomic E-state index is 0.0116. The van der Waals surface area contributed by atoms with Crippen molar-refractivity contribution in [1.82, 2.24) is 15.2 Å². The normalized spacial score (nSPS) is 21.1. The van der Waals surface area contributed by atoms with Crippen molar-refractivity contribution in [3.05, 3.63) is 45.9 Å². The van der Waals surface area contributed by atoms with Crippen LogP contribution in [0.15, 0.2) is 29.8 Å². The van der Waals surface area contributed by atoms with Gasteiger partial charge in [0.15, 0.2) is 0 Å². The molecule has 1 aromatic carbocycles. The van der Waals surface area contributed by atoms with Crippen LogP contribution in [0.3, 0.4) is 0 Å². The third-order valence-electron chi connectivity index (χ3n) is 6.16. The van der Waals surface area contributed by atoms with E-state index < -0.39 is 5.41 Å². The molecule has 2 aromatic rings. The van der Waals surface area contributed by atoms with E-state index in [0.717, 1.165) is 49.7 Å². The van der Waals surface area contributed by atoms with Crippen molar-refractivity contribution in [2.24, 2.45) is 11.3 Å². The fraction of sp³-hybridized carbons (Fsp3) is 0.583. The molecule has 1 N–H and O–H groups in total. The lowest BCUT2D eigenvalue weighted by Crippen LogP contribution is -2.43. The minimum Gasteiger partial charge on any atom is -0.490 e. The summed E-state index contributed by atoms with van der Waals surface area (Å²) in [7, 11) is 0. The molecule has 0 unspecified atom stereocenters. The summed E-state index contributed by atoms with van der Waals surface area (Å²) >= 11 is 1.64. The highest BCUT2D eigenvalue weighted by Crippen LogP contribution is 2.34. The van der Waals surface area contributed by atoms with Gasteiger partial charge in [-0.25, -0.2) is 4.98 Å². The van der Waals surface area contributed by atoms with Crippen LogP contribution in [0.1, 0.15) is 62.7 Å². The topological polar surface area (TPSA) is 54.5 Å². The number of ether oxygens (including phenoxy) is 1. The molecular weight excluding hydrogens is 394 g/mol. The molecule has 2 atom stereocenters. The van der Waals surface area contributed by atoms with Crippen molar-refractivity contribution < 1.29 is 9.53 Å². The molecule has 4 rings (SSSR count). The number of carbonyl (C=O) groups is 1. The van der Waals surface area contributed by atoms with Gasteiger partial charge in [0.1, 0.15) is 16.9 Å². The molecule has 30 heavy (non-hydrogen) atoms. The Hall–Kier alpha value is -1.92. The number of benzene rings is 1. The first-order valence-corrected chi connectivity index (χ1v) is 11.9. The lowest BCUT2D eigenvalue weighted by atomic mass is 9.87. The van der Waals surface area contributed by atoms with Crippen molar-refractivity contribution >= 4 is 17.2 Å². The summed E-state index contributed by atoms with van der Waals surface area (Å²) in [5, 5.41) is 6.33. The molecule has 1 aromatic heterocycles. The first kappa shape index (κ1) is 21.3. The first-order chi connectivity index (χ1) is 14.3. The molecule has 1 saturated heterocycles. The lowest BCUT2D eigenvalue weighted by molar-refractivity contribution is -0.129. The van der Waals surface area contributed by atoms with Crippen LogP contribution in [-0.2, 0) is 17.8 Å². The number of aromatic nitrogens is 1. The summed E-state index contributed by atoms with van der Waals surface area (Å²) in [6.45, 7) is 11.1. The quantitative estimate of drug-likeness (QED) is 0.759. The van der Waals surface area contributed by atoms with Gasteiger partial charge in [-0.05, 0) is 56.0 Å². The average molecular weight is 428 g/mol. The molecule has 162 valence electrons. The number of nitrogens with zero attached hydrogens (tertiary/aromatic N) is 2. The Labute approximate surface area is 183 Å². The number of amides is 1. The summed E-state index contributed by atoms with van der Waals surface area (Å²) in [4.78, 5) is 19.7. The maximum Gasteiger partial charge on any atom is 0.225 e. The van der Waals surface area contributed by atoms with E-state index in [1.165, 1.54) is 11.1 Å². The van der Waals surface area contributed by atoms with E-state index >= 15 is 0 Å². The van der Waals surface area contributed by atoms with Crippen LogP contribution in [0.4, 0.5) is 0 Å². The maximum absolute atomic E-state index is 12.7. The Bertz CT molecular complexity index is 867. The zero-order valence-corrected chi connectivity index (χ0v) is 19.3. The Morgan fingerprint density at radius 2 is 2.10 bits per heavy atom. The molecule has 0 saturated carbocycles.